The molecule has 2 aliphatic heterocycles. The maximum atomic E-state index is 5.84. The first-order valence-electron chi connectivity index (χ1n) is 11.4. The number of allylic oxidation sites excluding steroid dienone is 1. The zero-order valence-electron chi connectivity index (χ0n) is 19.6. The van der Waals surface area contributed by atoms with Crippen LogP contribution in [0, 0.1) is 0 Å². The number of nitrogens with zero attached hydrogens (tertiary/aromatic N) is 3. The number of hydrogen-bond donors (Lipinski definition) is 1. The van der Waals surface area contributed by atoms with Crippen LogP contribution in [0.4, 0.5) is 5.69 Å². The first-order chi connectivity index (χ1) is 17.6. The molecule has 3 aromatic carbocycles. The molecular formula is C27H22N4O4S. The van der Waals surface area contributed by atoms with E-state index in [0.717, 1.165) is 33.8 Å². The molecule has 0 saturated carbocycles. The Morgan fingerprint density at radius 3 is 2.67 bits per heavy atom. The molecule has 36 heavy (non-hydrogen) atoms. The molecule has 6 rings (SSSR count). The van der Waals surface area contributed by atoms with Crippen molar-refractivity contribution in [1.29, 1.82) is 0 Å². The van der Waals surface area contributed by atoms with E-state index in [-0.39, 0.29) is 12.8 Å². The molecule has 1 aromatic heterocycles. The summed E-state index contributed by atoms with van der Waals surface area (Å²) < 4.78 is 22.2. The molecule has 8 nitrogen and oxygen atoms in total. The Morgan fingerprint density at radius 1 is 1.00 bits per heavy atom. The van der Waals surface area contributed by atoms with Crippen LogP contribution in [-0.4, -0.2) is 29.2 Å². The van der Waals surface area contributed by atoms with Crippen LogP contribution in [0.25, 0.3) is 17.0 Å². The first-order valence-corrected chi connectivity index (χ1v) is 11.8. The summed E-state index contributed by atoms with van der Waals surface area (Å²) in [6.45, 7) is 2.21. The van der Waals surface area contributed by atoms with Crippen LogP contribution in [0.15, 0.2) is 83.0 Å². The molecule has 180 valence electrons. The number of fused-ring (bicyclic) bond motifs is 1. The van der Waals surface area contributed by atoms with Gasteiger partial charge in [-0.3, -0.25) is 4.90 Å². The second-order valence-corrected chi connectivity index (χ2v) is 8.71. The van der Waals surface area contributed by atoms with E-state index in [4.69, 9.17) is 35.9 Å². The molecule has 4 aromatic rings. The SMILES string of the molecule is COc1cccc(C2NC(=S)N(c3ccccc3)C(C)=C2c2nc(-c3ccc4c(c3)OCO4)no2)c1. The van der Waals surface area contributed by atoms with E-state index in [1.807, 2.05) is 84.6 Å². The number of nitrogens with one attached hydrogen (secondary N) is 1. The molecular weight excluding hydrogens is 476 g/mol. The van der Waals surface area contributed by atoms with Crippen molar-refractivity contribution in [3.8, 4) is 28.6 Å². The highest BCUT2D eigenvalue weighted by molar-refractivity contribution is 7.80. The summed E-state index contributed by atoms with van der Waals surface area (Å²) >= 11 is 5.81. The van der Waals surface area contributed by atoms with Gasteiger partial charge in [0.15, 0.2) is 16.6 Å². The zero-order valence-corrected chi connectivity index (χ0v) is 20.4. The zero-order chi connectivity index (χ0) is 24.6. The fourth-order valence-corrected chi connectivity index (χ4v) is 4.83. The molecule has 1 N–H and O–H groups in total. The van der Waals surface area contributed by atoms with Gasteiger partial charge in [0.05, 0.1) is 18.7 Å². The number of rotatable bonds is 5. The average molecular weight is 499 g/mol. The highest BCUT2D eigenvalue weighted by Gasteiger charge is 2.35. The van der Waals surface area contributed by atoms with Gasteiger partial charge in [-0.2, -0.15) is 4.98 Å². The predicted molar refractivity (Wildman–Crippen MR) is 139 cm³/mol. The summed E-state index contributed by atoms with van der Waals surface area (Å²) in [6.07, 6.45) is 0. The van der Waals surface area contributed by atoms with E-state index in [2.05, 4.69) is 10.5 Å². The predicted octanol–water partition coefficient (Wildman–Crippen LogP) is 5.34. The van der Waals surface area contributed by atoms with Crippen LogP contribution in [0.1, 0.15) is 24.4 Å². The molecule has 3 heterocycles. The third-order valence-corrected chi connectivity index (χ3v) is 6.51. The number of benzene rings is 3. The van der Waals surface area contributed by atoms with Gasteiger partial charge in [-0.15, -0.1) is 0 Å². The standard InChI is InChI=1S/C27H22N4O4S/c1-16-23(26-29-25(30-35-26)18-11-12-21-22(14-18)34-15-33-21)24(17-7-6-10-20(13-17)32-2)28-27(36)31(16)19-8-4-3-5-9-19/h3-14,24H,15H2,1-2H3,(H,28,36). The number of methoxy groups -OCH3 is 1. The lowest BCUT2D eigenvalue weighted by atomic mass is 9.94. The van der Waals surface area contributed by atoms with E-state index < -0.39 is 0 Å². The molecule has 0 radical (unpaired) electrons. The smallest absolute Gasteiger partial charge is 0.258 e. The Labute approximate surface area is 213 Å². The van der Waals surface area contributed by atoms with Gasteiger partial charge in [-0.05, 0) is 67.2 Å². The summed E-state index contributed by atoms with van der Waals surface area (Å²) in [7, 11) is 1.65. The third kappa shape index (κ3) is 3.83. The maximum absolute atomic E-state index is 5.84. The third-order valence-electron chi connectivity index (χ3n) is 6.21. The Bertz CT molecular complexity index is 1480. The minimum Gasteiger partial charge on any atom is -0.497 e. The summed E-state index contributed by atoms with van der Waals surface area (Å²) in [6, 6.07) is 23.0. The summed E-state index contributed by atoms with van der Waals surface area (Å²) in [4.78, 5) is 6.76. The first kappa shape index (κ1) is 22.1. The Balaban J connectivity index is 1.47. The van der Waals surface area contributed by atoms with Crippen molar-refractivity contribution in [3.05, 3.63) is 89.9 Å². The van der Waals surface area contributed by atoms with Crippen LogP contribution in [0.2, 0.25) is 0 Å². The van der Waals surface area contributed by atoms with Crippen molar-refractivity contribution in [1.82, 2.24) is 15.5 Å². The lowest BCUT2D eigenvalue weighted by Gasteiger charge is -2.37. The van der Waals surface area contributed by atoms with Gasteiger partial charge in [0.2, 0.25) is 12.6 Å². The van der Waals surface area contributed by atoms with Gasteiger partial charge in [0.25, 0.3) is 5.89 Å². The molecule has 0 fully saturated rings. The molecule has 0 aliphatic carbocycles. The van der Waals surface area contributed by atoms with Gasteiger partial charge in [0.1, 0.15) is 5.75 Å². The van der Waals surface area contributed by atoms with Gasteiger partial charge in [-0.1, -0.05) is 35.5 Å². The van der Waals surface area contributed by atoms with E-state index >= 15 is 0 Å². The molecule has 9 heteroatoms. The van der Waals surface area contributed by atoms with Crippen LogP contribution in [0.5, 0.6) is 17.2 Å². The second-order valence-electron chi connectivity index (χ2n) is 8.32. The van der Waals surface area contributed by atoms with Crippen molar-refractivity contribution in [2.75, 3.05) is 18.8 Å². The fraction of sp³-hybridized carbons (Fsp3) is 0.148. The molecule has 0 spiro atoms. The van der Waals surface area contributed by atoms with Crippen LogP contribution < -0.4 is 24.4 Å². The number of para-hydroxylation sites is 1. The maximum Gasteiger partial charge on any atom is 0.258 e. The number of hydrogen-bond acceptors (Lipinski definition) is 7. The number of ether oxygens (including phenoxy) is 3. The molecule has 0 amide bonds. The molecule has 0 saturated heterocycles. The van der Waals surface area contributed by atoms with E-state index in [0.29, 0.717) is 28.3 Å². The minimum absolute atomic E-state index is 0.200. The average Bonchev–Trinajstić information content (AvgIpc) is 3.58. The Hall–Kier alpha value is -4.37. The lowest BCUT2D eigenvalue weighted by molar-refractivity contribution is 0.174. The van der Waals surface area contributed by atoms with Crippen LogP contribution in [0.3, 0.4) is 0 Å². The normalized spacial score (nSPS) is 16.8. The summed E-state index contributed by atoms with van der Waals surface area (Å²) in [5, 5.41) is 8.33. The number of aromatic nitrogens is 2. The van der Waals surface area contributed by atoms with Crippen molar-refractivity contribution < 1.29 is 18.7 Å². The number of thiocarbonyl (C=S) groups is 1. The van der Waals surface area contributed by atoms with Crippen molar-refractivity contribution >= 4 is 28.6 Å². The molecule has 0 bridgehead atoms. The van der Waals surface area contributed by atoms with Gasteiger partial charge < -0.3 is 24.1 Å². The fourth-order valence-electron chi connectivity index (χ4n) is 4.46. The quantitative estimate of drug-likeness (QED) is 0.367. The largest absolute Gasteiger partial charge is 0.497 e. The Morgan fingerprint density at radius 2 is 1.83 bits per heavy atom. The molecule has 2 aliphatic rings. The summed E-state index contributed by atoms with van der Waals surface area (Å²) in [5.41, 5.74) is 4.37. The lowest BCUT2D eigenvalue weighted by Crippen LogP contribution is -2.46. The highest BCUT2D eigenvalue weighted by atomic mass is 32.1. The minimum atomic E-state index is -0.322. The van der Waals surface area contributed by atoms with Crippen molar-refractivity contribution in [3.63, 3.8) is 0 Å². The Kier molecular flexibility index (Phi) is 5.54. The van der Waals surface area contributed by atoms with E-state index in [1.165, 1.54) is 0 Å². The van der Waals surface area contributed by atoms with Gasteiger partial charge >= 0.3 is 0 Å². The second kappa shape index (κ2) is 9.01. The van der Waals surface area contributed by atoms with Gasteiger partial charge in [-0.25, -0.2) is 0 Å². The number of anilines is 1. The highest BCUT2D eigenvalue weighted by Crippen LogP contribution is 2.40. The van der Waals surface area contributed by atoms with Crippen LogP contribution in [-0.2, 0) is 0 Å². The van der Waals surface area contributed by atoms with Gasteiger partial charge in [0, 0.05) is 16.9 Å². The topological polar surface area (TPSA) is 81.9 Å². The molecule has 1 unspecified atom stereocenters. The molecule has 1 atom stereocenters. The van der Waals surface area contributed by atoms with Crippen LogP contribution >= 0.6 is 12.2 Å². The van der Waals surface area contributed by atoms with Crippen molar-refractivity contribution in [2.24, 2.45) is 0 Å². The monoisotopic (exact) mass is 498 g/mol. The van der Waals surface area contributed by atoms with E-state index in [1.54, 1.807) is 7.11 Å². The summed E-state index contributed by atoms with van der Waals surface area (Å²) in [5.74, 6) is 2.94. The van der Waals surface area contributed by atoms with E-state index in [9.17, 15) is 0 Å². The van der Waals surface area contributed by atoms with Crippen molar-refractivity contribution in [2.45, 2.75) is 13.0 Å².